The standard InChI is InChI=1S/C7H11NO/c1-4-7(2,3)6(9)5-8/h4H2,1-3H3. The van der Waals surface area contributed by atoms with Crippen LogP contribution in [0.4, 0.5) is 0 Å². The number of carbonyl (C=O) groups excluding carboxylic acids is 1. The van der Waals surface area contributed by atoms with Crippen molar-refractivity contribution in [1.82, 2.24) is 0 Å². The van der Waals surface area contributed by atoms with Gasteiger partial charge < -0.3 is 0 Å². The van der Waals surface area contributed by atoms with Crippen molar-refractivity contribution in [3.05, 3.63) is 0 Å². The van der Waals surface area contributed by atoms with Gasteiger partial charge in [0.1, 0.15) is 6.07 Å². The topological polar surface area (TPSA) is 40.9 Å². The molecular formula is C7H11NO. The molecule has 0 N–H and O–H groups in total. The van der Waals surface area contributed by atoms with Crippen molar-refractivity contribution < 1.29 is 4.79 Å². The van der Waals surface area contributed by atoms with Gasteiger partial charge in [0.15, 0.2) is 0 Å². The third-order valence-corrected chi connectivity index (χ3v) is 1.60. The van der Waals surface area contributed by atoms with E-state index in [9.17, 15) is 4.79 Å². The highest BCUT2D eigenvalue weighted by Gasteiger charge is 2.24. The smallest absolute Gasteiger partial charge is 0.237 e. The molecule has 0 bridgehead atoms. The Balaban J connectivity index is 4.19. The van der Waals surface area contributed by atoms with Gasteiger partial charge in [-0.05, 0) is 6.42 Å². The summed E-state index contributed by atoms with van der Waals surface area (Å²) < 4.78 is 0. The molecule has 0 heterocycles. The summed E-state index contributed by atoms with van der Waals surface area (Å²) >= 11 is 0. The third kappa shape index (κ3) is 1.85. The Labute approximate surface area is 55.5 Å². The number of carbonyl (C=O) groups is 1. The summed E-state index contributed by atoms with van der Waals surface area (Å²) in [5, 5.41) is 8.20. The summed E-state index contributed by atoms with van der Waals surface area (Å²) in [5.41, 5.74) is -0.450. The van der Waals surface area contributed by atoms with Crippen LogP contribution >= 0.6 is 0 Å². The zero-order valence-corrected chi connectivity index (χ0v) is 6.06. The molecule has 2 nitrogen and oxygen atoms in total. The normalized spacial score (nSPS) is 10.4. The SMILES string of the molecule is CCC(C)(C)C(=O)C#N. The second kappa shape index (κ2) is 2.63. The monoisotopic (exact) mass is 125 g/mol. The van der Waals surface area contributed by atoms with Crippen LogP contribution in [0.25, 0.3) is 0 Å². The molecule has 0 aliphatic carbocycles. The average Bonchev–Trinajstić information content (AvgIpc) is 1.86. The van der Waals surface area contributed by atoms with Crippen molar-refractivity contribution in [2.45, 2.75) is 27.2 Å². The third-order valence-electron chi connectivity index (χ3n) is 1.60. The van der Waals surface area contributed by atoms with Gasteiger partial charge in [-0.25, -0.2) is 0 Å². The molecule has 2 heteroatoms. The molecule has 0 amide bonds. The van der Waals surface area contributed by atoms with E-state index in [4.69, 9.17) is 5.26 Å². The number of rotatable bonds is 2. The first-order valence-electron chi connectivity index (χ1n) is 2.99. The van der Waals surface area contributed by atoms with E-state index in [1.54, 1.807) is 19.9 Å². The number of Topliss-reactive ketones (excluding diaryl/α,β-unsaturated/α-hetero) is 1. The Morgan fingerprint density at radius 2 is 2.11 bits per heavy atom. The second-order valence-corrected chi connectivity index (χ2v) is 2.68. The maximum absolute atomic E-state index is 10.7. The summed E-state index contributed by atoms with van der Waals surface area (Å²) in [4.78, 5) is 10.7. The van der Waals surface area contributed by atoms with Gasteiger partial charge in [0.2, 0.25) is 5.78 Å². The van der Waals surface area contributed by atoms with Gasteiger partial charge in [-0.3, -0.25) is 4.79 Å². The number of nitriles is 1. The molecule has 50 valence electrons. The molecule has 0 fully saturated rings. The molecule has 0 aromatic rings. The highest BCUT2D eigenvalue weighted by atomic mass is 16.1. The predicted octanol–water partition coefficient (Wildman–Crippen LogP) is 1.52. The summed E-state index contributed by atoms with van der Waals surface area (Å²) in [6, 6.07) is 1.62. The lowest BCUT2D eigenvalue weighted by Crippen LogP contribution is -2.20. The van der Waals surface area contributed by atoms with Gasteiger partial charge in [-0.2, -0.15) is 5.26 Å². The van der Waals surface area contributed by atoms with Crippen LogP contribution in [0.5, 0.6) is 0 Å². The lowest BCUT2D eigenvalue weighted by atomic mass is 9.86. The van der Waals surface area contributed by atoms with Gasteiger partial charge >= 0.3 is 0 Å². The number of hydrogen-bond acceptors (Lipinski definition) is 2. The lowest BCUT2D eigenvalue weighted by molar-refractivity contribution is -0.121. The molecule has 0 aromatic heterocycles. The van der Waals surface area contributed by atoms with Crippen molar-refractivity contribution in [2.75, 3.05) is 0 Å². The molecule has 0 atom stereocenters. The molecule has 0 aromatic carbocycles. The molecule has 0 aliphatic rings. The van der Waals surface area contributed by atoms with Gasteiger partial charge in [0, 0.05) is 5.41 Å². The highest BCUT2D eigenvalue weighted by Crippen LogP contribution is 2.19. The van der Waals surface area contributed by atoms with Crippen LogP contribution in [0.2, 0.25) is 0 Å². The Morgan fingerprint density at radius 1 is 1.67 bits per heavy atom. The molecule has 0 saturated heterocycles. The molecule has 9 heavy (non-hydrogen) atoms. The van der Waals surface area contributed by atoms with E-state index in [0.717, 1.165) is 6.42 Å². The quantitative estimate of drug-likeness (QED) is 0.525. The molecule has 0 spiro atoms. The summed E-state index contributed by atoms with van der Waals surface area (Å²) in [6.07, 6.45) is 0.722. The van der Waals surface area contributed by atoms with Crippen LogP contribution in [0.3, 0.4) is 0 Å². The molecule has 0 radical (unpaired) electrons. The van der Waals surface area contributed by atoms with E-state index >= 15 is 0 Å². The fourth-order valence-corrected chi connectivity index (χ4v) is 0.312. The van der Waals surface area contributed by atoms with E-state index in [1.165, 1.54) is 0 Å². The maximum Gasteiger partial charge on any atom is 0.237 e. The molecule has 0 rings (SSSR count). The molecule has 0 aliphatic heterocycles. The van der Waals surface area contributed by atoms with E-state index in [0.29, 0.717) is 0 Å². The fraction of sp³-hybridized carbons (Fsp3) is 0.714. The van der Waals surface area contributed by atoms with Crippen molar-refractivity contribution in [2.24, 2.45) is 5.41 Å². The fourth-order valence-electron chi connectivity index (χ4n) is 0.312. The van der Waals surface area contributed by atoms with Gasteiger partial charge in [-0.15, -0.1) is 0 Å². The summed E-state index contributed by atoms with van der Waals surface area (Å²) in [6.45, 7) is 5.45. The number of ketones is 1. The van der Waals surface area contributed by atoms with Gasteiger partial charge in [0.05, 0.1) is 0 Å². The predicted molar refractivity (Wildman–Crippen MR) is 34.7 cm³/mol. The van der Waals surface area contributed by atoms with Gasteiger partial charge in [-0.1, -0.05) is 20.8 Å². The summed E-state index contributed by atoms with van der Waals surface area (Å²) in [7, 11) is 0. The van der Waals surface area contributed by atoms with Crippen molar-refractivity contribution in [3.63, 3.8) is 0 Å². The molecule has 0 unspecified atom stereocenters. The van der Waals surface area contributed by atoms with Crippen LogP contribution in [-0.2, 0) is 4.79 Å². The first-order valence-corrected chi connectivity index (χ1v) is 2.99. The Bertz CT molecular complexity index is 153. The van der Waals surface area contributed by atoms with Crippen LogP contribution in [0, 0.1) is 16.7 Å². The Kier molecular flexibility index (Phi) is 2.39. The molecular weight excluding hydrogens is 114 g/mol. The van der Waals surface area contributed by atoms with E-state index in [-0.39, 0.29) is 5.78 Å². The average molecular weight is 125 g/mol. The molecule has 0 saturated carbocycles. The maximum atomic E-state index is 10.7. The van der Waals surface area contributed by atoms with E-state index in [1.807, 2.05) is 6.92 Å². The largest absolute Gasteiger partial charge is 0.282 e. The van der Waals surface area contributed by atoms with Crippen LogP contribution in [-0.4, -0.2) is 5.78 Å². The van der Waals surface area contributed by atoms with Crippen LogP contribution < -0.4 is 0 Å². The highest BCUT2D eigenvalue weighted by molar-refractivity contribution is 5.97. The first kappa shape index (κ1) is 8.16. The number of hydrogen-bond donors (Lipinski definition) is 0. The zero-order valence-electron chi connectivity index (χ0n) is 6.06. The van der Waals surface area contributed by atoms with E-state index < -0.39 is 5.41 Å². The number of nitrogens with zero attached hydrogens (tertiary/aromatic N) is 1. The lowest BCUT2D eigenvalue weighted by Gasteiger charge is -2.14. The summed E-state index contributed by atoms with van der Waals surface area (Å²) in [5.74, 6) is -0.329. The Hall–Kier alpha value is -0.840. The van der Waals surface area contributed by atoms with Crippen LogP contribution in [0.15, 0.2) is 0 Å². The minimum Gasteiger partial charge on any atom is -0.282 e. The van der Waals surface area contributed by atoms with Crippen molar-refractivity contribution in [3.8, 4) is 6.07 Å². The van der Waals surface area contributed by atoms with Crippen molar-refractivity contribution >= 4 is 5.78 Å². The van der Waals surface area contributed by atoms with Crippen LogP contribution in [0.1, 0.15) is 27.2 Å². The van der Waals surface area contributed by atoms with E-state index in [2.05, 4.69) is 0 Å². The second-order valence-electron chi connectivity index (χ2n) is 2.68. The first-order chi connectivity index (χ1) is 4.04. The minimum absolute atomic E-state index is 0.329. The van der Waals surface area contributed by atoms with Gasteiger partial charge in [0.25, 0.3) is 0 Å². The Morgan fingerprint density at radius 3 is 2.22 bits per heavy atom. The minimum atomic E-state index is -0.450. The van der Waals surface area contributed by atoms with Crippen molar-refractivity contribution in [1.29, 1.82) is 5.26 Å². The zero-order chi connectivity index (χ0) is 7.49.